The van der Waals surface area contributed by atoms with Gasteiger partial charge in [-0.15, -0.1) is 11.8 Å². The molecule has 0 saturated heterocycles. The Morgan fingerprint density at radius 1 is 1.00 bits per heavy atom. The van der Waals surface area contributed by atoms with Gasteiger partial charge in [0.1, 0.15) is 0 Å². The highest BCUT2D eigenvalue weighted by Crippen LogP contribution is 2.15. The summed E-state index contributed by atoms with van der Waals surface area (Å²) in [5, 5.41) is 2.19. The van der Waals surface area contributed by atoms with Crippen LogP contribution < -0.4 is 5.32 Å². The summed E-state index contributed by atoms with van der Waals surface area (Å²) < 4.78 is 4.83. The van der Waals surface area contributed by atoms with Crippen molar-refractivity contribution < 1.29 is 19.1 Å². The van der Waals surface area contributed by atoms with Gasteiger partial charge in [0.2, 0.25) is 5.91 Å². The van der Waals surface area contributed by atoms with Gasteiger partial charge in [0, 0.05) is 11.0 Å². The lowest BCUT2D eigenvalue weighted by molar-refractivity contribution is -0.145. The zero-order chi connectivity index (χ0) is 18.8. The van der Waals surface area contributed by atoms with Gasteiger partial charge in [0.15, 0.2) is 6.61 Å². The molecule has 2 rings (SSSR count). The number of hydrogen-bond donors (Lipinski definition) is 1. The van der Waals surface area contributed by atoms with Crippen LogP contribution in [0.3, 0.4) is 0 Å². The second-order valence-electron chi connectivity index (χ2n) is 5.35. The number of benzene rings is 2. The molecule has 0 aromatic heterocycles. The van der Waals surface area contributed by atoms with Gasteiger partial charge in [0.05, 0.1) is 6.42 Å². The minimum absolute atomic E-state index is 0.0898. The van der Waals surface area contributed by atoms with E-state index >= 15 is 0 Å². The van der Waals surface area contributed by atoms with Gasteiger partial charge in [-0.25, -0.2) is 4.79 Å². The first-order valence-electron chi connectivity index (χ1n) is 7.92. The fourth-order valence-electron chi connectivity index (χ4n) is 2.08. The summed E-state index contributed by atoms with van der Waals surface area (Å²) in [6.07, 6.45) is 4.92. The SMILES string of the molecule is CSc1ccc(/C=C/C(=O)OCC(=O)NC(=O)Cc2ccccc2)cc1. The number of hydrogen-bond acceptors (Lipinski definition) is 5. The Kier molecular flexibility index (Phi) is 7.64. The van der Waals surface area contributed by atoms with Crippen LogP contribution >= 0.6 is 11.8 Å². The molecule has 6 heteroatoms. The molecular formula is C20H19NO4S. The molecule has 0 radical (unpaired) electrons. The zero-order valence-electron chi connectivity index (χ0n) is 14.3. The number of nitrogens with one attached hydrogen (secondary N) is 1. The van der Waals surface area contributed by atoms with Gasteiger partial charge in [-0.2, -0.15) is 0 Å². The first-order chi connectivity index (χ1) is 12.6. The van der Waals surface area contributed by atoms with E-state index in [-0.39, 0.29) is 6.42 Å². The summed E-state index contributed by atoms with van der Waals surface area (Å²) in [6, 6.07) is 16.7. The molecule has 134 valence electrons. The van der Waals surface area contributed by atoms with E-state index < -0.39 is 24.4 Å². The van der Waals surface area contributed by atoms with Crippen molar-refractivity contribution in [3.8, 4) is 0 Å². The normalized spacial score (nSPS) is 10.5. The quantitative estimate of drug-likeness (QED) is 0.462. The van der Waals surface area contributed by atoms with Crippen molar-refractivity contribution in [2.24, 2.45) is 0 Å². The van der Waals surface area contributed by atoms with E-state index in [1.807, 2.05) is 48.7 Å². The molecule has 0 heterocycles. The molecule has 0 fully saturated rings. The van der Waals surface area contributed by atoms with E-state index in [9.17, 15) is 14.4 Å². The average Bonchev–Trinajstić information content (AvgIpc) is 2.65. The summed E-state index contributed by atoms with van der Waals surface area (Å²) in [7, 11) is 0. The van der Waals surface area contributed by atoms with E-state index in [1.54, 1.807) is 30.0 Å². The number of amides is 2. The number of thioether (sulfide) groups is 1. The van der Waals surface area contributed by atoms with Gasteiger partial charge in [-0.3, -0.25) is 14.9 Å². The van der Waals surface area contributed by atoms with Gasteiger partial charge in [0.25, 0.3) is 5.91 Å². The van der Waals surface area contributed by atoms with Gasteiger partial charge >= 0.3 is 5.97 Å². The molecule has 0 saturated carbocycles. The lowest BCUT2D eigenvalue weighted by Crippen LogP contribution is -2.35. The predicted octanol–water partition coefficient (Wildman–Crippen LogP) is 2.85. The van der Waals surface area contributed by atoms with Crippen LogP contribution in [0.4, 0.5) is 0 Å². The molecule has 0 aliphatic carbocycles. The third kappa shape index (κ3) is 6.94. The van der Waals surface area contributed by atoms with Crippen molar-refractivity contribution in [2.75, 3.05) is 12.9 Å². The monoisotopic (exact) mass is 369 g/mol. The molecule has 0 unspecified atom stereocenters. The predicted molar refractivity (Wildman–Crippen MR) is 102 cm³/mol. The second-order valence-corrected chi connectivity index (χ2v) is 6.23. The van der Waals surface area contributed by atoms with Crippen molar-refractivity contribution in [1.82, 2.24) is 5.32 Å². The topological polar surface area (TPSA) is 72.5 Å². The second kappa shape index (κ2) is 10.2. The van der Waals surface area contributed by atoms with Crippen LogP contribution in [-0.2, 0) is 25.5 Å². The summed E-state index contributed by atoms with van der Waals surface area (Å²) in [5.41, 5.74) is 1.65. The lowest BCUT2D eigenvalue weighted by Gasteiger charge is -2.04. The molecule has 0 bridgehead atoms. The number of imide groups is 1. The Labute approximate surface area is 156 Å². The molecule has 2 aromatic carbocycles. The van der Waals surface area contributed by atoms with E-state index in [0.29, 0.717) is 0 Å². The molecule has 0 aliphatic heterocycles. The third-order valence-corrected chi connectivity index (χ3v) is 4.10. The zero-order valence-corrected chi connectivity index (χ0v) is 15.1. The molecule has 5 nitrogen and oxygen atoms in total. The Morgan fingerprint density at radius 3 is 2.35 bits per heavy atom. The maximum absolute atomic E-state index is 11.7. The third-order valence-electron chi connectivity index (χ3n) is 3.36. The van der Waals surface area contributed by atoms with Crippen molar-refractivity contribution in [3.63, 3.8) is 0 Å². The van der Waals surface area contributed by atoms with Crippen LogP contribution in [0.5, 0.6) is 0 Å². The molecule has 2 aromatic rings. The van der Waals surface area contributed by atoms with E-state index in [4.69, 9.17) is 4.74 Å². The van der Waals surface area contributed by atoms with Crippen LogP contribution in [0, 0.1) is 0 Å². The van der Waals surface area contributed by atoms with Crippen molar-refractivity contribution in [3.05, 3.63) is 71.8 Å². The molecule has 0 atom stereocenters. The van der Waals surface area contributed by atoms with Gasteiger partial charge in [-0.05, 0) is 35.6 Å². The number of ether oxygens (including phenoxy) is 1. The van der Waals surface area contributed by atoms with Crippen molar-refractivity contribution in [1.29, 1.82) is 0 Å². The van der Waals surface area contributed by atoms with Crippen LogP contribution in [0.25, 0.3) is 6.08 Å². The largest absolute Gasteiger partial charge is 0.452 e. The summed E-state index contributed by atoms with van der Waals surface area (Å²) in [6.45, 7) is -0.505. The summed E-state index contributed by atoms with van der Waals surface area (Å²) in [5.74, 6) is -1.75. The highest BCUT2D eigenvalue weighted by atomic mass is 32.2. The molecule has 1 N–H and O–H groups in total. The number of rotatable bonds is 7. The van der Waals surface area contributed by atoms with Crippen LogP contribution in [0.15, 0.2) is 65.6 Å². The van der Waals surface area contributed by atoms with Crippen molar-refractivity contribution in [2.45, 2.75) is 11.3 Å². The first-order valence-corrected chi connectivity index (χ1v) is 9.15. The number of carbonyl (C=O) groups excluding carboxylic acids is 3. The van der Waals surface area contributed by atoms with Crippen molar-refractivity contribution >= 4 is 35.6 Å². The molecule has 0 aliphatic rings. The molecule has 0 spiro atoms. The number of esters is 1. The Balaban J connectivity index is 1.72. The summed E-state index contributed by atoms with van der Waals surface area (Å²) in [4.78, 5) is 36.2. The maximum Gasteiger partial charge on any atom is 0.331 e. The van der Waals surface area contributed by atoms with E-state index in [0.717, 1.165) is 16.0 Å². The minimum atomic E-state index is -0.656. The molecule has 2 amide bonds. The number of carbonyl (C=O) groups is 3. The first kappa shape index (κ1) is 19.5. The highest BCUT2D eigenvalue weighted by molar-refractivity contribution is 7.98. The molecular weight excluding hydrogens is 350 g/mol. The summed E-state index contributed by atoms with van der Waals surface area (Å²) >= 11 is 1.63. The lowest BCUT2D eigenvalue weighted by atomic mass is 10.1. The fourth-order valence-corrected chi connectivity index (χ4v) is 2.49. The average molecular weight is 369 g/mol. The maximum atomic E-state index is 11.7. The standard InChI is InChI=1S/C20H19NO4S/c1-26-17-10-7-15(8-11-17)9-12-20(24)25-14-19(23)21-18(22)13-16-5-3-2-4-6-16/h2-12H,13-14H2,1H3,(H,21,22,23)/b12-9+. The Morgan fingerprint density at radius 2 is 1.69 bits per heavy atom. The van der Waals surface area contributed by atoms with Crippen LogP contribution in [0.2, 0.25) is 0 Å². The van der Waals surface area contributed by atoms with Crippen LogP contribution in [0.1, 0.15) is 11.1 Å². The van der Waals surface area contributed by atoms with Gasteiger partial charge < -0.3 is 4.74 Å². The Hall–Kier alpha value is -2.86. The highest BCUT2D eigenvalue weighted by Gasteiger charge is 2.10. The smallest absolute Gasteiger partial charge is 0.331 e. The van der Waals surface area contributed by atoms with Crippen LogP contribution in [-0.4, -0.2) is 30.6 Å². The van der Waals surface area contributed by atoms with Gasteiger partial charge in [-0.1, -0.05) is 42.5 Å². The van der Waals surface area contributed by atoms with E-state index in [1.165, 1.54) is 6.08 Å². The fraction of sp³-hybridized carbons (Fsp3) is 0.150. The van der Waals surface area contributed by atoms with E-state index in [2.05, 4.69) is 5.32 Å². The Bertz CT molecular complexity index is 785. The minimum Gasteiger partial charge on any atom is -0.452 e. The molecule has 26 heavy (non-hydrogen) atoms.